The van der Waals surface area contributed by atoms with Crippen LogP contribution in [-0.2, 0) is 17.5 Å². The molecule has 0 spiro atoms. The third kappa shape index (κ3) is 3.89. The summed E-state index contributed by atoms with van der Waals surface area (Å²) in [5, 5.41) is 7.15. The van der Waals surface area contributed by atoms with Crippen LogP contribution in [0.25, 0.3) is 10.9 Å². The van der Waals surface area contributed by atoms with E-state index in [0.717, 1.165) is 21.8 Å². The zero-order valence-electron chi connectivity index (χ0n) is 15.7. The fraction of sp³-hybridized carbons (Fsp3) is 0.368. The Morgan fingerprint density at radius 2 is 2.04 bits per heavy atom. The van der Waals surface area contributed by atoms with Gasteiger partial charge in [-0.2, -0.15) is 18.3 Å². The number of nitrogens with one attached hydrogen (secondary N) is 1. The average molecular weight is 394 g/mol. The van der Waals surface area contributed by atoms with Gasteiger partial charge in [0, 0.05) is 42.5 Å². The van der Waals surface area contributed by atoms with Gasteiger partial charge in [-0.15, -0.1) is 0 Å². The number of carbonyl (C=O) groups excluding carboxylic acids is 1. The van der Waals surface area contributed by atoms with Crippen LogP contribution in [0.2, 0.25) is 0 Å². The Morgan fingerprint density at radius 3 is 2.68 bits per heavy atom. The molecule has 0 aliphatic carbocycles. The second kappa shape index (κ2) is 7.67. The van der Waals surface area contributed by atoms with Crippen molar-refractivity contribution < 1.29 is 22.7 Å². The van der Waals surface area contributed by atoms with Gasteiger partial charge in [-0.3, -0.25) is 9.48 Å². The molecule has 1 amide bonds. The molecule has 6 nitrogen and oxygen atoms in total. The van der Waals surface area contributed by atoms with Gasteiger partial charge < -0.3 is 14.6 Å². The topological polar surface area (TPSA) is 61.1 Å². The summed E-state index contributed by atoms with van der Waals surface area (Å²) in [5.74, 6) is -0.850. The molecule has 9 heteroatoms. The van der Waals surface area contributed by atoms with Gasteiger partial charge in [-0.25, -0.2) is 0 Å². The minimum absolute atomic E-state index is 0.410. The molecule has 1 N–H and O–H groups in total. The lowest BCUT2D eigenvalue weighted by Gasteiger charge is -2.15. The molecule has 3 aromatic rings. The van der Waals surface area contributed by atoms with Crippen molar-refractivity contribution in [3.05, 3.63) is 47.9 Å². The summed E-state index contributed by atoms with van der Waals surface area (Å²) in [6, 6.07) is 6.53. The molecule has 0 unspecified atom stereocenters. The van der Waals surface area contributed by atoms with Crippen LogP contribution >= 0.6 is 0 Å². The quantitative estimate of drug-likeness (QED) is 0.677. The number of nitrogens with zero attached hydrogens (tertiary/aromatic N) is 3. The minimum atomic E-state index is -4.68. The van der Waals surface area contributed by atoms with Crippen LogP contribution in [0.3, 0.4) is 0 Å². The van der Waals surface area contributed by atoms with Crippen molar-refractivity contribution in [1.82, 2.24) is 14.3 Å². The fourth-order valence-electron chi connectivity index (χ4n) is 3.06. The lowest BCUT2D eigenvalue weighted by atomic mass is 10.2. The maximum atomic E-state index is 13.5. The van der Waals surface area contributed by atoms with Crippen LogP contribution < -0.4 is 5.32 Å². The van der Waals surface area contributed by atoms with E-state index in [2.05, 4.69) is 10.4 Å². The largest absolute Gasteiger partial charge is 0.433 e. The molecule has 0 saturated carbocycles. The number of carbonyl (C=O) groups is 1. The lowest BCUT2D eigenvalue weighted by molar-refractivity contribution is -0.145. The van der Waals surface area contributed by atoms with Crippen LogP contribution in [0.1, 0.15) is 35.9 Å². The number of fused-ring (bicyclic) bond motifs is 1. The molecule has 28 heavy (non-hydrogen) atoms. The predicted octanol–water partition coefficient (Wildman–Crippen LogP) is 4.34. The highest BCUT2D eigenvalue weighted by atomic mass is 19.4. The summed E-state index contributed by atoms with van der Waals surface area (Å²) in [6.45, 7) is 4.38. The van der Waals surface area contributed by atoms with Crippen LogP contribution in [0, 0.1) is 0 Å². The van der Waals surface area contributed by atoms with E-state index in [1.807, 2.05) is 22.9 Å². The van der Waals surface area contributed by atoms with Gasteiger partial charge in [0.25, 0.3) is 5.91 Å². The standard InChI is InChI=1S/C19H21F3N4O2/c1-12(2)26-17(19(20,21)22)15(11-23-26)18(27)24-14-4-5-16-13(10-14)6-7-25(16)8-9-28-3/h4-7,10-12H,8-9H2,1-3H3,(H,24,27). The van der Waals surface area contributed by atoms with Crippen molar-refractivity contribution in [3.8, 4) is 0 Å². The molecule has 0 bridgehead atoms. The van der Waals surface area contributed by atoms with Gasteiger partial charge >= 0.3 is 6.18 Å². The van der Waals surface area contributed by atoms with Gasteiger partial charge in [0.2, 0.25) is 0 Å². The summed E-state index contributed by atoms with van der Waals surface area (Å²) in [6.07, 6.45) is -1.84. The maximum absolute atomic E-state index is 13.5. The Labute approximate surface area is 159 Å². The average Bonchev–Trinajstić information content (AvgIpc) is 3.24. The van der Waals surface area contributed by atoms with E-state index in [1.165, 1.54) is 0 Å². The van der Waals surface area contributed by atoms with Gasteiger partial charge in [0.05, 0.1) is 18.4 Å². The summed E-state index contributed by atoms with van der Waals surface area (Å²) in [5.41, 5.74) is -0.197. The molecule has 0 radical (unpaired) electrons. The number of ether oxygens (including phenoxy) is 1. The van der Waals surface area contributed by atoms with Crippen molar-refractivity contribution in [2.45, 2.75) is 32.6 Å². The molecule has 3 rings (SSSR count). The summed E-state index contributed by atoms with van der Waals surface area (Å²) in [7, 11) is 1.62. The van der Waals surface area contributed by atoms with Crippen LogP contribution in [0.4, 0.5) is 18.9 Å². The first kappa shape index (κ1) is 19.9. The first-order valence-electron chi connectivity index (χ1n) is 8.76. The molecular formula is C19H21F3N4O2. The van der Waals surface area contributed by atoms with Crippen molar-refractivity contribution >= 4 is 22.5 Å². The number of anilines is 1. The van der Waals surface area contributed by atoms with Gasteiger partial charge in [0.15, 0.2) is 5.69 Å². The van der Waals surface area contributed by atoms with Crippen molar-refractivity contribution in [3.63, 3.8) is 0 Å². The number of hydrogen-bond acceptors (Lipinski definition) is 3. The highest BCUT2D eigenvalue weighted by Crippen LogP contribution is 2.34. The molecule has 0 aliphatic rings. The number of methoxy groups -OCH3 is 1. The van der Waals surface area contributed by atoms with Crippen molar-refractivity contribution in [2.75, 3.05) is 19.0 Å². The second-order valence-corrected chi connectivity index (χ2v) is 6.67. The number of benzene rings is 1. The molecule has 0 aliphatic heterocycles. The first-order valence-corrected chi connectivity index (χ1v) is 8.76. The molecule has 0 atom stereocenters. The Morgan fingerprint density at radius 1 is 1.29 bits per heavy atom. The van der Waals surface area contributed by atoms with Gasteiger partial charge in [-0.1, -0.05) is 0 Å². The second-order valence-electron chi connectivity index (χ2n) is 6.67. The summed E-state index contributed by atoms with van der Waals surface area (Å²) in [4.78, 5) is 12.5. The normalized spacial score (nSPS) is 12.1. The van der Waals surface area contributed by atoms with E-state index in [0.29, 0.717) is 18.8 Å². The smallest absolute Gasteiger partial charge is 0.383 e. The molecule has 2 aromatic heterocycles. The maximum Gasteiger partial charge on any atom is 0.433 e. The lowest BCUT2D eigenvalue weighted by Crippen LogP contribution is -2.22. The number of hydrogen-bond donors (Lipinski definition) is 1. The summed E-state index contributed by atoms with van der Waals surface area (Å²) < 4.78 is 48.3. The molecule has 1 aromatic carbocycles. The third-order valence-corrected chi connectivity index (χ3v) is 4.36. The molecule has 0 fully saturated rings. The Hall–Kier alpha value is -2.81. The van der Waals surface area contributed by atoms with Gasteiger partial charge in [0.1, 0.15) is 0 Å². The number of alkyl halides is 3. The number of amides is 1. The fourth-order valence-corrected chi connectivity index (χ4v) is 3.06. The Kier molecular flexibility index (Phi) is 5.46. The molecular weight excluding hydrogens is 373 g/mol. The van der Waals surface area contributed by atoms with Crippen LogP contribution in [0.5, 0.6) is 0 Å². The SMILES string of the molecule is COCCn1ccc2cc(NC(=O)c3cnn(C(C)C)c3C(F)(F)F)ccc21. The van der Waals surface area contributed by atoms with Crippen LogP contribution in [0.15, 0.2) is 36.7 Å². The van der Waals surface area contributed by atoms with Crippen molar-refractivity contribution in [1.29, 1.82) is 0 Å². The zero-order chi connectivity index (χ0) is 20.5. The Balaban J connectivity index is 1.87. The van der Waals surface area contributed by atoms with E-state index in [9.17, 15) is 18.0 Å². The third-order valence-electron chi connectivity index (χ3n) is 4.36. The predicted molar refractivity (Wildman–Crippen MR) is 99.4 cm³/mol. The number of rotatable bonds is 6. The highest BCUT2D eigenvalue weighted by molar-refractivity contribution is 6.05. The molecule has 0 saturated heterocycles. The first-order chi connectivity index (χ1) is 13.2. The Bertz CT molecular complexity index is 989. The minimum Gasteiger partial charge on any atom is -0.383 e. The van der Waals surface area contributed by atoms with Gasteiger partial charge in [-0.05, 0) is 38.1 Å². The van der Waals surface area contributed by atoms with Crippen molar-refractivity contribution in [2.24, 2.45) is 0 Å². The van der Waals surface area contributed by atoms with E-state index in [1.54, 1.807) is 33.1 Å². The monoisotopic (exact) mass is 394 g/mol. The van der Waals surface area contributed by atoms with E-state index in [4.69, 9.17) is 4.74 Å². The molecule has 2 heterocycles. The number of halogens is 3. The summed E-state index contributed by atoms with van der Waals surface area (Å²) >= 11 is 0. The van der Waals surface area contributed by atoms with E-state index >= 15 is 0 Å². The van der Waals surface area contributed by atoms with E-state index < -0.39 is 29.4 Å². The zero-order valence-corrected chi connectivity index (χ0v) is 15.7. The van der Waals surface area contributed by atoms with E-state index in [-0.39, 0.29) is 0 Å². The highest BCUT2D eigenvalue weighted by Gasteiger charge is 2.40. The van der Waals surface area contributed by atoms with Crippen LogP contribution in [-0.4, -0.2) is 34.0 Å². The molecule has 150 valence electrons. The number of aromatic nitrogens is 3.